The highest BCUT2D eigenvalue weighted by Crippen LogP contribution is 2.16. The number of aliphatic hydroxyl groups is 1. The molecule has 4 heteroatoms. The van der Waals surface area contributed by atoms with E-state index in [2.05, 4.69) is 0 Å². The third-order valence-corrected chi connectivity index (χ3v) is 2.09. The van der Waals surface area contributed by atoms with E-state index in [-0.39, 0.29) is 12.1 Å². The standard InChI is InChI=1S/C7H13NO3/c1-5-4-6(9)2-3-8(5)7(10)11/h5-6,9H,2-4H2,1H3,(H,10,11)/t5-,6?/m0/s1. The van der Waals surface area contributed by atoms with E-state index in [9.17, 15) is 4.79 Å². The molecular formula is C7H13NO3. The van der Waals surface area contributed by atoms with Crippen LogP contribution in [-0.2, 0) is 0 Å². The van der Waals surface area contributed by atoms with Crippen LogP contribution >= 0.6 is 0 Å². The summed E-state index contributed by atoms with van der Waals surface area (Å²) in [5.74, 6) is 0. The third kappa shape index (κ3) is 1.83. The molecule has 1 rings (SSSR count). The van der Waals surface area contributed by atoms with Crippen LogP contribution < -0.4 is 0 Å². The zero-order chi connectivity index (χ0) is 8.43. The average Bonchev–Trinajstić information content (AvgIpc) is 1.85. The summed E-state index contributed by atoms with van der Waals surface area (Å²) >= 11 is 0. The van der Waals surface area contributed by atoms with Crippen LogP contribution in [0.25, 0.3) is 0 Å². The van der Waals surface area contributed by atoms with Crippen LogP contribution in [0.15, 0.2) is 0 Å². The number of carboxylic acid groups (broad SMARTS) is 1. The van der Waals surface area contributed by atoms with Gasteiger partial charge in [-0.25, -0.2) is 4.79 Å². The molecular weight excluding hydrogens is 146 g/mol. The van der Waals surface area contributed by atoms with Gasteiger partial charge in [-0.2, -0.15) is 0 Å². The molecule has 1 fully saturated rings. The van der Waals surface area contributed by atoms with Crippen molar-refractivity contribution in [2.45, 2.75) is 31.9 Å². The summed E-state index contributed by atoms with van der Waals surface area (Å²) in [5.41, 5.74) is 0. The van der Waals surface area contributed by atoms with Crippen molar-refractivity contribution in [3.05, 3.63) is 0 Å². The largest absolute Gasteiger partial charge is 0.465 e. The fourth-order valence-electron chi connectivity index (χ4n) is 1.43. The first-order valence-electron chi connectivity index (χ1n) is 3.79. The van der Waals surface area contributed by atoms with Crippen molar-refractivity contribution in [3.63, 3.8) is 0 Å². The number of likely N-dealkylation sites (tertiary alicyclic amines) is 1. The lowest BCUT2D eigenvalue weighted by atomic mass is 10.0. The molecule has 1 saturated heterocycles. The second-order valence-electron chi connectivity index (χ2n) is 3.00. The number of amides is 1. The van der Waals surface area contributed by atoms with Gasteiger partial charge in [-0.1, -0.05) is 0 Å². The maximum absolute atomic E-state index is 10.5. The molecule has 2 N–H and O–H groups in total. The molecule has 4 nitrogen and oxygen atoms in total. The Balaban J connectivity index is 2.50. The summed E-state index contributed by atoms with van der Waals surface area (Å²) in [6.07, 6.45) is -0.0758. The van der Waals surface area contributed by atoms with E-state index in [4.69, 9.17) is 10.2 Å². The van der Waals surface area contributed by atoms with Crippen LogP contribution in [0.3, 0.4) is 0 Å². The minimum atomic E-state index is -0.885. The number of hydrogen-bond acceptors (Lipinski definition) is 2. The van der Waals surface area contributed by atoms with E-state index in [1.54, 1.807) is 0 Å². The number of nitrogens with zero attached hydrogens (tertiary/aromatic N) is 1. The third-order valence-electron chi connectivity index (χ3n) is 2.09. The van der Waals surface area contributed by atoms with Gasteiger partial charge in [0.2, 0.25) is 0 Å². The predicted octanol–water partition coefficient (Wildman–Crippen LogP) is 0.510. The fourth-order valence-corrected chi connectivity index (χ4v) is 1.43. The number of carbonyl (C=O) groups is 1. The van der Waals surface area contributed by atoms with Gasteiger partial charge in [0.05, 0.1) is 6.10 Å². The van der Waals surface area contributed by atoms with Gasteiger partial charge >= 0.3 is 6.09 Å². The minimum absolute atomic E-state index is 0.0451. The highest BCUT2D eigenvalue weighted by molar-refractivity contribution is 5.65. The van der Waals surface area contributed by atoms with Gasteiger partial charge in [-0.15, -0.1) is 0 Å². The summed E-state index contributed by atoms with van der Waals surface area (Å²) in [5, 5.41) is 17.8. The fraction of sp³-hybridized carbons (Fsp3) is 0.857. The Morgan fingerprint density at radius 2 is 2.27 bits per heavy atom. The zero-order valence-electron chi connectivity index (χ0n) is 6.53. The number of hydrogen-bond donors (Lipinski definition) is 2. The molecule has 1 unspecified atom stereocenters. The van der Waals surface area contributed by atoms with Gasteiger partial charge in [0.15, 0.2) is 0 Å². The maximum atomic E-state index is 10.5. The topological polar surface area (TPSA) is 60.8 Å². The quantitative estimate of drug-likeness (QED) is 0.541. The molecule has 1 aliphatic rings. The molecule has 0 aromatic rings. The van der Waals surface area contributed by atoms with Crippen molar-refractivity contribution >= 4 is 6.09 Å². The van der Waals surface area contributed by atoms with Crippen LogP contribution in [0.1, 0.15) is 19.8 Å². The maximum Gasteiger partial charge on any atom is 0.407 e. The predicted molar refractivity (Wildman–Crippen MR) is 39.4 cm³/mol. The smallest absolute Gasteiger partial charge is 0.407 e. The van der Waals surface area contributed by atoms with Gasteiger partial charge in [0.25, 0.3) is 0 Å². The molecule has 0 aromatic heterocycles. The van der Waals surface area contributed by atoms with Gasteiger partial charge in [0.1, 0.15) is 0 Å². The lowest BCUT2D eigenvalue weighted by molar-refractivity contribution is 0.0488. The van der Waals surface area contributed by atoms with E-state index >= 15 is 0 Å². The van der Waals surface area contributed by atoms with Crippen LogP contribution in [0.4, 0.5) is 4.79 Å². The highest BCUT2D eigenvalue weighted by atomic mass is 16.4. The molecule has 11 heavy (non-hydrogen) atoms. The van der Waals surface area contributed by atoms with Crippen LogP contribution in [0.2, 0.25) is 0 Å². The van der Waals surface area contributed by atoms with E-state index < -0.39 is 6.09 Å². The highest BCUT2D eigenvalue weighted by Gasteiger charge is 2.26. The minimum Gasteiger partial charge on any atom is -0.465 e. The second-order valence-corrected chi connectivity index (χ2v) is 3.00. The van der Waals surface area contributed by atoms with Crippen molar-refractivity contribution in [2.75, 3.05) is 6.54 Å². The van der Waals surface area contributed by atoms with Crippen LogP contribution in [0, 0.1) is 0 Å². The Bertz CT molecular complexity index is 160. The van der Waals surface area contributed by atoms with Gasteiger partial charge < -0.3 is 15.1 Å². The molecule has 1 amide bonds. The normalized spacial score (nSPS) is 32.0. The molecule has 0 spiro atoms. The lowest BCUT2D eigenvalue weighted by Crippen LogP contribution is -2.45. The Labute approximate surface area is 65.4 Å². The Morgan fingerprint density at radius 1 is 1.64 bits per heavy atom. The van der Waals surface area contributed by atoms with Crippen molar-refractivity contribution < 1.29 is 15.0 Å². The van der Waals surface area contributed by atoms with Gasteiger partial charge in [-0.05, 0) is 19.8 Å². The van der Waals surface area contributed by atoms with Gasteiger partial charge in [0, 0.05) is 12.6 Å². The molecule has 0 bridgehead atoms. The van der Waals surface area contributed by atoms with E-state index in [1.165, 1.54) is 4.90 Å². The SMILES string of the molecule is C[C@H]1CC(O)CCN1C(=O)O. The number of rotatable bonds is 0. The molecule has 0 aromatic carbocycles. The zero-order valence-corrected chi connectivity index (χ0v) is 6.53. The summed E-state index contributed by atoms with van der Waals surface area (Å²) in [6, 6.07) is -0.0451. The van der Waals surface area contributed by atoms with E-state index in [0.29, 0.717) is 19.4 Å². The van der Waals surface area contributed by atoms with Gasteiger partial charge in [-0.3, -0.25) is 0 Å². The molecule has 0 radical (unpaired) electrons. The molecule has 0 saturated carbocycles. The van der Waals surface area contributed by atoms with Crippen molar-refractivity contribution in [3.8, 4) is 0 Å². The van der Waals surface area contributed by atoms with Crippen molar-refractivity contribution in [2.24, 2.45) is 0 Å². The Hall–Kier alpha value is -0.770. The average molecular weight is 159 g/mol. The molecule has 2 atom stereocenters. The first kappa shape index (κ1) is 8.33. The summed E-state index contributed by atoms with van der Waals surface area (Å²) in [7, 11) is 0. The number of piperidine rings is 1. The van der Waals surface area contributed by atoms with Crippen LogP contribution in [0.5, 0.6) is 0 Å². The van der Waals surface area contributed by atoms with E-state index in [1.807, 2.05) is 6.92 Å². The van der Waals surface area contributed by atoms with Crippen LogP contribution in [-0.4, -0.2) is 39.9 Å². The number of aliphatic hydroxyl groups excluding tert-OH is 1. The van der Waals surface area contributed by atoms with Crippen molar-refractivity contribution in [1.29, 1.82) is 0 Å². The summed E-state index contributed by atoms with van der Waals surface area (Å²) in [4.78, 5) is 11.9. The molecule has 64 valence electrons. The molecule has 1 aliphatic heterocycles. The molecule has 1 heterocycles. The Morgan fingerprint density at radius 3 is 2.73 bits per heavy atom. The molecule has 0 aliphatic carbocycles. The van der Waals surface area contributed by atoms with E-state index in [0.717, 1.165) is 0 Å². The first-order valence-corrected chi connectivity index (χ1v) is 3.79. The van der Waals surface area contributed by atoms with Crippen molar-refractivity contribution in [1.82, 2.24) is 4.90 Å². The monoisotopic (exact) mass is 159 g/mol. The lowest BCUT2D eigenvalue weighted by Gasteiger charge is -2.33. The second kappa shape index (κ2) is 3.09. The summed E-state index contributed by atoms with van der Waals surface area (Å²) < 4.78 is 0. The summed E-state index contributed by atoms with van der Waals surface area (Å²) in [6.45, 7) is 2.27. The first-order chi connectivity index (χ1) is 5.11. The Kier molecular flexibility index (Phi) is 2.34.